The molecule has 110 valence electrons. The number of rotatable bonds is 1. The first kappa shape index (κ1) is 14.0. The molecular formula is C14H15ClN4O2. The minimum absolute atomic E-state index is 0.342. The van der Waals surface area contributed by atoms with E-state index in [1.807, 2.05) is 4.90 Å². The lowest BCUT2D eigenvalue weighted by atomic mass is 9.96. The third-order valence-electron chi connectivity index (χ3n) is 3.58. The molecule has 1 atom stereocenters. The first-order valence-corrected chi connectivity index (χ1v) is 7.17. The van der Waals surface area contributed by atoms with Crippen molar-refractivity contribution in [3.05, 3.63) is 34.9 Å². The van der Waals surface area contributed by atoms with Crippen molar-refractivity contribution in [1.82, 2.24) is 15.5 Å². The number of hydrogen-bond donors (Lipinski definition) is 2. The van der Waals surface area contributed by atoms with Crippen LogP contribution in [0.15, 0.2) is 29.3 Å². The SMILES string of the molecule is O=C1N=C(N2CCNCC2)NC(=O)C1c1ccc(Cl)cc1. The van der Waals surface area contributed by atoms with Gasteiger partial charge < -0.3 is 10.2 Å². The van der Waals surface area contributed by atoms with Crippen LogP contribution in [0.5, 0.6) is 0 Å². The van der Waals surface area contributed by atoms with Crippen molar-refractivity contribution in [2.24, 2.45) is 4.99 Å². The van der Waals surface area contributed by atoms with Crippen LogP contribution in [-0.4, -0.2) is 48.9 Å². The lowest BCUT2D eigenvalue weighted by molar-refractivity contribution is -0.130. The van der Waals surface area contributed by atoms with E-state index in [0.717, 1.165) is 26.2 Å². The fourth-order valence-corrected chi connectivity index (χ4v) is 2.59. The summed E-state index contributed by atoms with van der Waals surface area (Å²) in [5, 5.41) is 6.51. The van der Waals surface area contributed by atoms with Gasteiger partial charge in [-0.05, 0) is 17.7 Å². The number of nitrogens with zero attached hydrogens (tertiary/aromatic N) is 2. The van der Waals surface area contributed by atoms with Crippen LogP contribution in [-0.2, 0) is 9.59 Å². The molecule has 0 aromatic heterocycles. The van der Waals surface area contributed by atoms with E-state index in [-0.39, 0.29) is 5.91 Å². The summed E-state index contributed by atoms with van der Waals surface area (Å²) in [6.07, 6.45) is 0. The van der Waals surface area contributed by atoms with E-state index in [9.17, 15) is 9.59 Å². The number of carbonyl (C=O) groups is 2. The van der Waals surface area contributed by atoms with Gasteiger partial charge in [0.15, 0.2) is 0 Å². The summed E-state index contributed by atoms with van der Waals surface area (Å²) in [6, 6.07) is 6.67. The average molecular weight is 307 g/mol. The van der Waals surface area contributed by atoms with E-state index in [0.29, 0.717) is 16.5 Å². The van der Waals surface area contributed by atoms with Crippen LogP contribution in [0.1, 0.15) is 11.5 Å². The van der Waals surface area contributed by atoms with Crippen molar-refractivity contribution in [3.63, 3.8) is 0 Å². The summed E-state index contributed by atoms with van der Waals surface area (Å²) in [5.74, 6) is -1.31. The Hall–Kier alpha value is -1.92. The number of amides is 2. The molecule has 21 heavy (non-hydrogen) atoms. The summed E-state index contributed by atoms with van der Waals surface area (Å²) in [6.45, 7) is 3.06. The standard InChI is InChI=1S/C14H15ClN4O2/c15-10-3-1-9(2-4-10)11-12(20)17-14(18-13(11)21)19-7-5-16-6-8-19/h1-4,11,16H,5-8H2,(H,17,18,20,21). The molecule has 3 rings (SSSR count). The molecule has 6 nitrogen and oxygen atoms in total. The molecule has 0 aliphatic carbocycles. The third-order valence-corrected chi connectivity index (χ3v) is 3.83. The van der Waals surface area contributed by atoms with Crippen molar-refractivity contribution in [2.45, 2.75) is 5.92 Å². The maximum absolute atomic E-state index is 12.3. The fourth-order valence-electron chi connectivity index (χ4n) is 2.47. The summed E-state index contributed by atoms with van der Waals surface area (Å²) in [7, 11) is 0. The van der Waals surface area contributed by atoms with Gasteiger partial charge in [-0.25, -0.2) is 0 Å². The molecule has 1 saturated heterocycles. The van der Waals surface area contributed by atoms with Gasteiger partial charge in [0.2, 0.25) is 11.9 Å². The van der Waals surface area contributed by atoms with Crippen molar-refractivity contribution >= 4 is 29.4 Å². The first-order chi connectivity index (χ1) is 10.1. The van der Waals surface area contributed by atoms with E-state index in [2.05, 4.69) is 15.6 Å². The Bertz CT molecular complexity index is 593. The number of benzene rings is 1. The Morgan fingerprint density at radius 2 is 1.81 bits per heavy atom. The molecule has 2 N–H and O–H groups in total. The number of hydrogen-bond acceptors (Lipinski definition) is 4. The number of halogens is 1. The number of guanidine groups is 1. The lowest BCUT2D eigenvalue weighted by Crippen LogP contribution is -2.55. The van der Waals surface area contributed by atoms with Crippen LogP contribution < -0.4 is 10.6 Å². The normalized spacial score (nSPS) is 22.8. The molecule has 0 radical (unpaired) electrons. The highest BCUT2D eigenvalue weighted by Crippen LogP contribution is 2.22. The van der Waals surface area contributed by atoms with Crippen LogP contribution >= 0.6 is 11.6 Å². The van der Waals surface area contributed by atoms with E-state index >= 15 is 0 Å². The molecule has 1 aromatic carbocycles. The molecular weight excluding hydrogens is 292 g/mol. The maximum Gasteiger partial charge on any atom is 0.265 e. The largest absolute Gasteiger partial charge is 0.340 e. The zero-order valence-corrected chi connectivity index (χ0v) is 12.1. The molecule has 1 unspecified atom stereocenters. The molecule has 2 heterocycles. The van der Waals surface area contributed by atoms with Gasteiger partial charge in [-0.3, -0.25) is 14.9 Å². The van der Waals surface area contributed by atoms with Gasteiger partial charge in [-0.1, -0.05) is 23.7 Å². The zero-order chi connectivity index (χ0) is 14.8. The molecule has 2 aliphatic heterocycles. The van der Waals surface area contributed by atoms with E-state index in [1.165, 1.54) is 0 Å². The number of piperazine rings is 1. The molecule has 1 fully saturated rings. The average Bonchev–Trinajstić information content (AvgIpc) is 2.49. The minimum Gasteiger partial charge on any atom is -0.340 e. The molecule has 2 aliphatic rings. The fraction of sp³-hybridized carbons (Fsp3) is 0.357. The summed E-state index contributed by atoms with van der Waals surface area (Å²) >= 11 is 5.82. The van der Waals surface area contributed by atoms with Crippen molar-refractivity contribution in [1.29, 1.82) is 0 Å². The van der Waals surface area contributed by atoms with Gasteiger partial charge in [0.1, 0.15) is 5.92 Å². The maximum atomic E-state index is 12.3. The Balaban J connectivity index is 1.83. The third kappa shape index (κ3) is 2.91. The topological polar surface area (TPSA) is 73.8 Å². The summed E-state index contributed by atoms with van der Waals surface area (Å²) in [5.41, 5.74) is 0.602. The van der Waals surface area contributed by atoms with Crippen molar-refractivity contribution < 1.29 is 9.59 Å². The highest BCUT2D eigenvalue weighted by molar-refractivity contribution is 6.30. The minimum atomic E-state index is -0.895. The Kier molecular flexibility index (Phi) is 3.90. The molecule has 0 bridgehead atoms. The van der Waals surface area contributed by atoms with E-state index in [1.54, 1.807) is 24.3 Å². The van der Waals surface area contributed by atoms with Gasteiger partial charge in [0.25, 0.3) is 5.91 Å². The predicted molar refractivity (Wildman–Crippen MR) is 79.2 cm³/mol. The van der Waals surface area contributed by atoms with E-state index < -0.39 is 11.8 Å². The second kappa shape index (κ2) is 5.83. The van der Waals surface area contributed by atoms with Gasteiger partial charge in [-0.15, -0.1) is 0 Å². The summed E-state index contributed by atoms with van der Waals surface area (Å²) in [4.78, 5) is 30.4. The van der Waals surface area contributed by atoms with E-state index in [4.69, 9.17) is 11.6 Å². The summed E-state index contributed by atoms with van der Waals surface area (Å²) < 4.78 is 0. The highest BCUT2D eigenvalue weighted by Gasteiger charge is 2.35. The lowest BCUT2D eigenvalue weighted by Gasteiger charge is -2.32. The van der Waals surface area contributed by atoms with Crippen molar-refractivity contribution in [2.75, 3.05) is 26.2 Å². The smallest absolute Gasteiger partial charge is 0.265 e. The zero-order valence-electron chi connectivity index (χ0n) is 11.3. The van der Waals surface area contributed by atoms with Gasteiger partial charge in [-0.2, -0.15) is 4.99 Å². The number of aliphatic imine (C=N–C) groups is 1. The quantitative estimate of drug-likeness (QED) is 0.734. The first-order valence-electron chi connectivity index (χ1n) is 6.80. The second-order valence-electron chi connectivity index (χ2n) is 4.98. The molecule has 1 aromatic rings. The number of nitrogens with one attached hydrogen (secondary N) is 2. The molecule has 0 spiro atoms. The number of carbonyl (C=O) groups excluding carboxylic acids is 2. The monoisotopic (exact) mass is 306 g/mol. The second-order valence-corrected chi connectivity index (χ2v) is 5.42. The van der Waals surface area contributed by atoms with Crippen LogP contribution in [0.2, 0.25) is 5.02 Å². The van der Waals surface area contributed by atoms with Crippen LogP contribution in [0, 0.1) is 0 Å². The van der Waals surface area contributed by atoms with Crippen LogP contribution in [0.25, 0.3) is 0 Å². The predicted octanol–water partition coefficient (Wildman–Crippen LogP) is 0.341. The van der Waals surface area contributed by atoms with Gasteiger partial charge in [0.05, 0.1) is 0 Å². The van der Waals surface area contributed by atoms with Crippen LogP contribution in [0.3, 0.4) is 0 Å². The molecule has 0 saturated carbocycles. The molecule has 7 heteroatoms. The molecule has 2 amide bonds. The Morgan fingerprint density at radius 1 is 1.14 bits per heavy atom. The highest BCUT2D eigenvalue weighted by atomic mass is 35.5. The van der Waals surface area contributed by atoms with Gasteiger partial charge in [0, 0.05) is 31.2 Å². The van der Waals surface area contributed by atoms with Gasteiger partial charge >= 0.3 is 0 Å². The van der Waals surface area contributed by atoms with Crippen LogP contribution in [0.4, 0.5) is 0 Å². The van der Waals surface area contributed by atoms with Crippen molar-refractivity contribution in [3.8, 4) is 0 Å². The Morgan fingerprint density at radius 3 is 2.43 bits per heavy atom. The Labute approximate surface area is 127 Å².